The fraction of sp³-hybridized carbons (Fsp3) is 0.250. The molecule has 0 unspecified atom stereocenters. The molecule has 76 heavy (non-hydrogen) atoms. The molecule has 2 aliphatic rings. The molecule has 2 aliphatic carbocycles. The van der Waals surface area contributed by atoms with Crippen molar-refractivity contribution >= 4 is 34.3 Å². The van der Waals surface area contributed by atoms with Gasteiger partial charge in [0.05, 0.1) is 11.1 Å². The first-order valence-electron chi connectivity index (χ1n) is 27.3. The first-order valence-corrected chi connectivity index (χ1v) is 27.3. The fourth-order valence-corrected chi connectivity index (χ4v) is 11.6. The number of ketones is 4. The van der Waals surface area contributed by atoms with Gasteiger partial charge in [-0.25, -0.2) is 0 Å². The maximum Gasteiger partial charge on any atom is 0.198 e. The second kappa shape index (κ2) is 20.4. The topological polar surface area (TPSA) is 68.3 Å². The smallest absolute Gasteiger partial charge is 0.198 e. The molecular weight excluding hydrogens is 929 g/mol. The van der Waals surface area contributed by atoms with Crippen molar-refractivity contribution in [2.45, 2.75) is 119 Å². The average molecular weight is 997 g/mol. The van der Waals surface area contributed by atoms with Gasteiger partial charge in [-0.15, -0.1) is 0 Å². The zero-order valence-electron chi connectivity index (χ0n) is 46.1. The Balaban J connectivity index is 1.35. The van der Waals surface area contributed by atoms with E-state index in [0.717, 1.165) is 42.4 Å². The molecule has 8 aromatic rings. The van der Waals surface area contributed by atoms with E-state index in [1.54, 1.807) is 48.5 Å². The van der Waals surface area contributed by atoms with E-state index in [1.165, 1.54) is 44.5 Å². The summed E-state index contributed by atoms with van der Waals surface area (Å²) in [7, 11) is 0. The summed E-state index contributed by atoms with van der Waals surface area (Å²) < 4.78 is 0. The maximum atomic E-state index is 13.6. The van der Waals surface area contributed by atoms with E-state index in [0.29, 0.717) is 44.5 Å². The van der Waals surface area contributed by atoms with E-state index in [9.17, 15) is 19.2 Å². The second-order valence-corrected chi connectivity index (χ2v) is 22.9. The lowest BCUT2D eigenvalue weighted by atomic mass is 9.79. The Kier molecular flexibility index (Phi) is 13.8. The number of rotatable bonds is 8. The van der Waals surface area contributed by atoms with Crippen LogP contribution in [-0.2, 0) is 0 Å². The summed E-state index contributed by atoms with van der Waals surface area (Å²) in [4.78, 5) is 54.4. The molecule has 0 fully saturated rings. The number of carbonyl (C=O) groups excluding carboxylic acids is 4. The summed E-state index contributed by atoms with van der Waals surface area (Å²) in [6.45, 7) is 27.5. The van der Waals surface area contributed by atoms with Gasteiger partial charge in [0.2, 0.25) is 0 Å². The molecule has 380 valence electrons. The van der Waals surface area contributed by atoms with E-state index in [1.807, 2.05) is 48.5 Å². The molecule has 0 atom stereocenters. The number of carbonyl (C=O) groups is 4. The van der Waals surface area contributed by atoms with Gasteiger partial charge < -0.3 is 0 Å². The van der Waals surface area contributed by atoms with Crippen molar-refractivity contribution in [3.05, 3.63) is 255 Å². The fourth-order valence-electron chi connectivity index (χ4n) is 11.6. The summed E-state index contributed by atoms with van der Waals surface area (Å²) in [5.74, 6) is 0.667. The van der Waals surface area contributed by atoms with Crippen molar-refractivity contribution in [1.29, 1.82) is 0 Å². The Morgan fingerprint density at radius 1 is 0.250 bits per heavy atom. The Morgan fingerprint density at radius 3 is 0.750 bits per heavy atom. The van der Waals surface area contributed by atoms with Crippen molar-refractivity contribution < 1.29 is 19.2 Å². The first-order chi connectivity index (χ1) is 36.3. The van der Waals surface area contributed by atoms with E-state index in [4.69, 9.17) is 0 Å². The largest absolute Gasteiger partial charge is 0.288 e. The summed E-state index contributed by atoms with van der Waals surface area (Å²) in [6.07, 6.45) is 0. The lowest BCUT2D eigenvalue weighted by molar-refractivity contribution is 0.101. The van der Waals surface area contributed by atoms with Crippen molar-refractivity contribution in [3.63, 3.8) is 0 Å². The van der Waals surface area contributed by atoms with Crippen molar-refractivity contribution in [3.8, 4) is 22.3 Å². The van der Waals surface area contributed by atoms with Crippen LogP contribution < -0.4 is 10.4 Å². The van der Waals surface area contributed by atoms with Crippen molar-refractivity contribution in [1.82, 2.24) is 0 Å². The van der Waals surface area contributed by atoms with E-state index < -0.39 is 0 Å². The molecule has 0 saturated heterocycles. The van der Waals surface area contributed by atoms with Gasteiger partial charge in [0, 0.05) is 22.3 Å². The van der Waals surface area contributed by atoms with Crippen LogP contribution in [-0.4, -0.2) is 23.1 Å². The van der Waals surface area contributed by atoms with Gasteiger partial charge in [-0.3, -0.25) is 19.2 Å². The molecule has 0 aromatic heterocycles. The van der Waals surface area contributed by atoms with Crippen LogP contribution in [0, 0.1) is 31.3 Å². The molecule has 8 aromatic carbocycles. The van der Waals surface area contributed by atoms with Gasteiger partial charge in [-0.05, 0) is 145 Å². The van der Waals surface area contributed by atoms with E-state index >= 15 is 0 Å². The molecule has 10 rings (SSSR count). The van der Waals surface area contributed by atoms with Crippen LogP contribution >= 0.6 is 0 Å². The van der Waals surface area contributed by atoms with Crippen LogP contribution in [0.3, 0.4) is 0 Å². The Labute approximate surface area is 447 Å². The molecule has 0 heterocycles. The normalized spacial score (nSPS) is 14.0. The predicted octanol–water partition coefficient (Wildman–Crippen LogP) is 16.1. The van der Waals surface area contributed by atoms with Crippen LogP contribution in [0.4, 0.5) is 0 Å². The van der Waals surface area contributed by atoms with E-state index in [2.05, 4.69) is 144 Å². The molecule has 4 nitrogen and oxygen atoms in total. The van der Waals surface area contributed by atoms with Gasteiger partial charge >= 0.3 is 0 Å². The second-order valence-electron chi connectivity index (χ2n) is 22.9. The average Bonchev–Trinajstić information content (AvgIpc) is 3.85. The molecule has 0 aliphatic heterocycles. The van der Waals surface area contributed by atoms with Crippen LogP contribution in [0.25, 0.3) is 33.4 Å². The summed E-state index contributed by atoms with van der Waals surface area (Å²) in [6, 6.07) is 53.5. The van der Waals surface area contributed by atoms with Crippen LogP contribution in [0.15, 0.2) is 158 Å². The predicted molar refractivity (Wildman–Crippen MR) is 310 cm³/mol. The lowest BCUT2D eigenvalue weighted by Crippen LogP contribution is -2.13. The van der Waals surface area contributed by atoms with Crippen molar-refractivity contribution in [2.24, 2.45) is 0 Å². The van der Waals surface area contributed by atoms with Gasteiger partial charge in [-0.1, -0.05) is 229 Å². The zero-order valence-corrected chi connectivity index (χ0v) is 46.1. The van der Waals surface area contributed by atoms with Crippen LogP contribution in [0.5, 0.6) is 0 Å². The maximum absolute atomic E-state index is 13.6. The molecule has 0 amide bonds. The standard InChI is InChI=1S/C72H68O4/c1-39(2)51-35-59(41(5)6)67(60(36-51)42(7)8)63-33-49(45-21-25-47(26-22-45)65-69(73)55-17-13-14-18-56(55)70(65)74)29-31-53(63)54-32-30-50(34-64(54)68-61(43(9)10)37-52(40(3)4)38-62(68)44(11)12)46-23-27-48(28-24-46)66-71(75)57-19-15-16-20-58(57)72(66)76/h13-44H,1-12H3/b54-53+. The molecule has 0 spiro atoms. The van der Waals surface area contributed by atoms with Crippen molar-refractivity contribution in [2.75, 3.05) is 0 Å². The summed E-state index contributed by atoms with van der Waals surface area (Å²) in [5.41, 5.74) is 15.0. The van der Waals surface area contributed by atoms with Gasteiger partial charge in [0.25, 0.3) is 0 Å². The highest BCUT2D eigenvalue weighted by Gasteiger charge is 2.34. The SMILES string of the molecule is CC(C)c1cc(C(C)C)c(-c2cc(=c3ccc(=C4C(=O)c5ccccc5C4=O)cc3)cc/c2=c2/ccc(=c3ccc(=C4C(=O)c5ccccc5C4=O)cc3)cc2-c2c(C(C)C)cc(C(C)C)cc2C(C)C)c(C(C)C)c1. The molecule has 0 N–H and O–H groups in total. The summed E-state index contributed by atoms with van der Waals surface area (Å²) in [5, 5.41) is 7.53. The lowest BCUT2D eigenvalue weighted by Gasteiger charge is -2.25. The van der Waals surface area contributed by atoms with Gasteiger partial charge in [0.1, 0.15) is 0 Å². The Bertz CT molecular complexity index is 3750. The number of fused-ring (bicyclic) bond motifs is 2. The third-order valence-corrected chi connectivity index (χ3v) is 15.9. The quantitative estimate of drug-likeness (QED) is 0.152. The first kappa shape index (κ1) is 51.7. The Morgan fingerprint density at radius 2 is 0.500 bits per heavy atom. The molecule has 0 radical (unpaired) electrons. The number of hydrogen-bond donors (Lipinski definition) is 0. The Hall–Kier alpha value is -7.82. The number of hydrogen-bond acceptors (Lipinski definition) is 4. The molecular formula is C72H68O4. The monoisotopic (exact) mass is 997 g/mol. The van der Waals surface area contributed by atoms with Gasteiger partial charge in [-0.2, -0.15) is 0 Å². The van der Waals surface area contributed by atoms with E-state index in [-0.39, 0.29) is 58.0 Å². The minimum Gasteiger partial charge on any atom is -0.288 e. The van der Waals surface area contributed by atoms with Gasteiger partial charge in [0.15, 0.2) is 23.1 Å². The molecule has 0 saturated carbocycles. The summed E-state index contributed by atoms with van der Waals surface area (Å²) >= 11 is 0. The van der Waals surface area contributed by atoms with Crippen LogP contribution in [0.2, 0.25) is 0 Å². The number of benzene rings is 8. The number of Topliss-reactive ketones (excluding diaryl/α,β-unsaturated/α-hetero) is 4. The minimum atomic E-state index is -0.228. The zero-order chi connectivity index (χ0) is 54.0. The highest BCUT2D eigenvalue weighted by Crippen LogP contribution is 2.43. The minimum absolute atomic E-state index is 0.218. The molecule has 4 heteroatoms. The third kappa shape index (κ3) is 9.06. The highest BCUT2D eigenvalue weighted by atomic mass is 16.2. The molecule has 0 bridgehead atoms. The highest BCUT2D eigenvalue weighted by molar-refractivity contribution is 6.56. The third-order valence-electron chi connectivity index (χ3n) is 15.9. The van der Waals surface area contributed by atoms with Crippen LogP contribution in [0.1, 0.15) is 193 Å².